The van der Waals surface area contributed by atoms with E-state index in [9.17, 15) is 18.4 Å². The monoisotopic (exact) mass is 418 g/mol. The predicted octanol–water partition coefficient (Wildman–Crippen LogP) is 4.52. The van der Waals surface area contributed by atoms with E-state index in [0.29, 0.717) is 12.2 Å². The van der Waals surface area contributed by atoms with E-state index < -0.39 is 35.6 Å². The molecule has 0 bridgehead atoms. The molecule has 0 aliphatic carbocycles. The third-order valence-electron chi connectivity index (χ3n) is 4.29. The quantitative estimate of drug-likeness (QED) is 0.436. The number of carbonyl (C=O) groups is 2. The number of ether oxygens (including phenoxy) is 1. The van der Waals surface area contributed by atoms with Crippen LogP contribution in [0.5, 0.6) is 0 Å². The molecular formula is C21H17ClF2N2O3. The van der Waals surface area contributed by atoms with Gasteiger partial charge >= 0.3 is 5.97 Å². The molecule has 150 valence electrons. The van der Waals surface area contributed by atoms with Gasteiger partial charge in [0.15, 0.2) is 6.61 Å². The Morgan fingerprint density at radius 3 is 2.48 bits per heavy atom. The number of nitrogens with zero attached hydrogens (tertiary/aromatic N) is 2. The topological polar surface area (TPSA) is 61.2 Å². The van der Waals surface area contributed by atoms with Gasteiger partial charge < -0.3 is 4.74 Å². The second-order valence-corrected chi connectivity index (χ2v) is 6.88. The summed E-state index contributed by atoms with van der Waals surface area (Å²) in [5.41, 5.74) is 1.91. The van der Waals surface area contributed by atoms with E-state index in [1.54, 1.807) is 6.92 Å². The van der Waals surface area contributed by atoms with Crippen molar-refractivity contribution in [1.29, 1.82) is 0 Å². The maximum atomic E-state index is 13.7. The molecule has 29 heavy (non-hydrogen) atoms. The fraction of sp³-hybridized carbons (Fsp3) is 0.190. The van der Waals surface area contributed by atoms with Gasteiger partial charge in [0.1, 0.15) is 22.4 Å². The molecule has 1 aromatic heterocycles. The van der Waals surface area contributed by atoms with Gasteiger partial charge in [0.25, 0.3) is 0 Å². The van der Waals surface area contributed by atoms with Crippen molar-refractivity contribution >= 4 is 23.4 Å². The second kappa shape index (κ2) is 8.53. The van der Waals surface area contributed by atoms with Crippen molar-refractivity contribution in [3.63, 3.8) is 0 Å². The molecule has 3 rings (SSSR count). The van der Waals surface area contributed by atoms with Crippen LogP contribution in [0.2, 0.25) is 5.15 Å². The summed E-state index contributed by atoms with van der Waals surface area (Å²) in [7, 11) is 0. The highest BCUT2D eigenvalue weighted by atomic mass is 35.5. The van der Waals surface area contributed by atoms with E-state index in [-0.39, 0.29) is 10.7 Å². The Balaban J connectivity index is 1.72. The Bertz CT molecular complexity index is 1080. The smallest absolute Gasteiger partial charge is 0.343 e. The summed E-state index contributed by atoms with van der Waals surface area (Å²) in [6.07, 6.45) is 0. The van der Waals surface area contributed by atoms with Crippen molar-refractivity contribution in [2.24, 2.45) is 0 Å². The van der Waals surface area contributed by atoms with E-state index in [1.807, 2.05) is 31.2 Å². The number of aromatic nitrogens is 2. The highest BCUT2D eigenvalue weighted by Crippen LogP contribution is 2.22. The van der Waals surface area contributed by atoms with Crippen LogP contribution in [-0.4, -0.2) is 28.1 Å². The molecule has 0 saturated carbocycles. The summed E-state index contributed by atoms with van der Waals surface area (Å²) in [5, 5.41) is 4.32. The number of carbonyl (C=O) groups excluding carboxylic acids is 2. The molecular weight excluding hydrogens is 402 g/mol. The number of hydrogen-bond donors (Lipinski definition) is 0. The molecule has 2 aromatic carbocycles. The number of Topliss-reactive ketones (excluding diaryl/α,β-unsaturated/α-hetero) is 1. The molecule has 0 saturated heterocycles. The normalized spacial score (nSPS) is 10.8. The van der Waals surface area contributed by atoms with E-state index in [0.717, 1.165) is 29.3 Å². The lowest BCUT2D eigenvalue weighted by molar-refractivity contribution is 0.0473. The highest BCUT2D eigenvalue weighted by molar-refractivity contribution is 6.32. The molecule has 0 spiro atoms. The maximum Gasteiger partial charge on any atom is 0.343 e. The van der Waals surface area contributed by atoms with Gasteiger partial charge in [0.05, 0.1) is 17.8 Å². The van der Waals surface area contributed by atoms with E-state index in [1.165, 1.54) is 4.68 Å². The summed E-state index contributed by atoms with van der Waals surface area (Å²) >= 11 is 6.29. The van der Waals surface area contributed by atoms with Crippen molar-refractivity contribution in [3.8, 4) is 0 Å². The molecule has 0 amide bonds. The number of esters is 1. The molecule has 0 aliphatic rings. The van der Waals surface area contributed by atoms with Crippen LogP contribution in [-0.2, 0) is 11.3 Å². The van der Waals surface area contributed by atoms with Crippen LogP contribution in [0.25, 0.3) is 0 Å². The number of benzene rings is 2. The summed E-state index contributed by atoms with van der Waals surface area (Å²) in [4.78, 5) is 24.5. The van der Waals surface area contributed by atoms with Gasteiger partial charge in [-0.15, -0.1) is 0 Å². The van der Waals surface area contributed by atoms with Crippen LogP contribution >= 0.6 is 11.6 Å². The van der Waals surface area contributed by atoms with Crippen molar-refractivity contribution < 1.29 is 23.1 Å². The van der Waals surface area contributed by atoms with Crippen LogP contribution in [0.1, 0.15) is 37.5 Å². The van der Waals surface area contributed by atoms with Crippen LogP contribution < -0.4 is 0 Å². The number of hydrogen-bond acceptors (Lipinski definition) is 4. The average Bonchev–Trinajstić information content (AvgIpc) is 2.96. The molecule has 5 nitrogen and oxygen atoms in total. The third-order valence-corrected chi connectivity index (χ3v) is 4.67. The summed E-state index contributed by atoms with van der Waals surface area (Å²) in [6, 6.07) is 10.2. The first kappa shape index (κ1) is 20.7. The van der Waals surface area contributed by atoms with Gasteiger partial charge in [-0.1, -0.05) is 41.4 Å². The number of ketones is 1. The van der Waals surface area contributed by atoms with Crippen LogP contribution in [0.3, 0.4) is 0 Å². The lowest BCUT2D eigenvalue weighted by Gasteiger charge is -2.06. The Hall–Kier alpha value is -3.06. The maximum absolute atomic E-state index is 13.7. The summed E-state index contributed by atoms with van der Waals surface area (Å²) in [5.74, 6) is -3.39. The number of halogens is 3. The molecule has 8 heteroatoms. The molecule has 1 heterocycles. The standard InChI is InChI=1S/C21H17ClF2N2O3/c1-12-3-5-14(6-4-12)10-26-20(22)19(13(2)25-26)21(28)29-11-18(27)16-9-15(23)7-8-17(16)24/h3-9H,10-11H2,1-2H3. The summed E-state index contributed by atoms with van der Waals surface area (Å²) in [6.45, 7) is 3.15. The third kappa shape index (κ3) is 4.68. The molecule has 0 N–H and O–H groups in total. The minimum absolute atomic E-state index is 0.0197. The summed E-state index contributed by atoms with van der Waals surface area (Å²) < 4.78 is 33.3. The molecule has 0 radical (unpaired) electrons. The van der Waals surface area contributed by atoms with Gasteiger partial charge in [-0.05, 0) is 37.6 Å². The van der Waals surface area contributed by atoms with E-state index in [4.69, 9.17) is 16.3 Å². The molecule has 0 aliphatic heterocycles. The Morgan fingerprint density at radius 1 is 1.10 bits per heavy atom. The van der Waals surface area contributed by atoms with Crippen LogP contribution in [0.15, 0.2) is 42.5 Å². The fourth-order valence-electron chi connectivity index (χ4n) is 2.75. The Morgan fingerprint density at radius 2 is 1.79 bits per heavy atom. The number of aryl methyl sites for hydroxylation is 2. The Labute approximate surface area is 170 Å². The van der Waals surface area contributed by atoms with Gasteiger partial charge in [0, 0.05) is 0 Å². The van der Waals surface area contributed by atoms with Crippen LogP contribution in [0.4, 0.5) is 8.78 Å². The van der Waals surface area contributed by atoms with Gasteiger partial charge in [0.2, 0.25) is 5.78 Å². The molecule has 0 fully saturated rings. The van der Waals surface area contributed by atoms with Crippen molar-refractivity contribution in [3.05, 3.63) is 87.2 Å². The number of rotatable bonds is 6. The minimum Gasteiger partial charge on any atom is -0.454 e. The van der Waals surface area contributed by atoms with Crippen molar-refractivity contribution in [2.75, 3.05) is 6.61 Å². The zero-order valence-electron chi connectivity index (χ0n) is 15.7. The first-order valence-electron chi connectivity index (χ1n) is 8.70. The minimum atomic E-state index is -0.896. The molecule has 0 unspecified atom stereocenters. The van der Waals surface area contributed by atoms with Gasteiger partial charge in [-0.3, -0.25) is 4.79 Å². The van der Waals surface area contributed by atoms with Gasteiger partial charge in [-0.25, -0.2) is 18.3 Å². The fourth-order valence-corrected chi connectivity index (χ4v) is 3.06. The lowest BCUT2D eigenvalue weighted by atomic mass is 10.1. The first-order chi connectivity index (χ1) is 13.8. The zero-order chi connectivity index (χ0) is 21.1. The van der Waals surface area contributed by atoms with Crippen LogP contribution in [0, 0.1) is 25.5 Å². The lowest BCUT2D eigenvalue weighted by Crippen LogP contribution is -2.16. The highest BCUT2D eigenvalue weighted by Gasteiger charge is 2.23. The first-order valence-corrected chi connectivity index (χ1v) is 9.08. The van der Waals surface area contributed by atoms with Gasteiger partial charge in [-0.2, -0.15) is 5.10 Å². The molecule has 0 atom stereocenters. The van der Waals surface area contributed by atoms with Crippen molar-refractivity contribution in [2.45, 2.75) is 20.4 Å². The molecule has 3 aromatic rings. The SMILES string of the molecule is Cc1ccc(Cn2nc(C)c(C(=O)OCC(=O)c3cc(F)ccc3F)c2Cl)cc1. The van der Waals surface area contributed by atoms with Crippen molar-refractivity contribution in [1.82, 2.24) is 9.78 Å². The second-order valence-electron chi connectivity index (χ2n) is 6.52. The Kier molecular flexibility index (Phi) is 6.08. The van der Waals surface area contributed by atoms with E-state index >= 15 is 0 Å². The zero-order valence-corrected chi connectivity index (χ0v) is 16.5. The van der Waals surface area contributed by atoms with E-state index in [2.05, 4.69) is 5.10 Å². The average molecular weight is 419 g/mol. The predicted molar refractivity (Wildman–Crippen MR) is 103 cm³/mol. The largest absolute Gasteiger partial charge is 0.454 e.